The first-order valence-electron chi connectivity index (χ1n) is 4.95. The molecule has 0 saturated carbocycles. The Morgan fingerprint density at radius 3 is 2.33 bits per heavy atom. The predicted molar refractivity (Wildman–Crippen MR) is 64.5 cm³/mol. The van der Waals surface area contributed by atoms with Gasteiger partial charge in [0.05, 0.1) is 5.69 Å². The van der Waals surface area contributed by atoms with Crippen LogP contribution in [0.25, 0.3) is 17.3 Å². The van der Waals surface area contributed by atoms with E-state index in [1.165, 1.54) is 5.56 Å². The number of rotatable bonds is 2. The Morgan fingerprint density at radius 1 is 1.07 bits per heavy atom. The van der Waals surface area contributed by atoms with Crippen LogP contribution in [0.5, 0.6) is 0 Å². The van der Waals surface area contributed by atoms with Crippen LogP contribution in [-0.2, 0) is 0 Å². The minimum absolute atomic E-state index is 1.00. The molecule has 2 rings (SSSR count). The number of nitrogens with zero attached hydrogens (tertiary/aromatic N) is 1. The highest BCUT2D eigenvalue weighted by Gasteiger charge is 1.97. The second-order valence-electron chi connectivity index (χ2n) is 3.55. The molecule has 0 saturated heterocycles. The fourth-order valence-electron chi connectivity index (χ4n) is 1.42. The average Bonchev–Trinajstić information content (AvgIpc) is 2.30. The van der Waals surface area contributed by atoms with Crippen molar-refractivity contribution in [2.75, 3.05) is 0 Å². The second kappa shape index (κ2) is 4.09. The Morgan fingerprint density at radius 2 is 1.80 bits per heavy atom. The molecule has 0 unspecified atom stereocenters. The van der Waals surface area contributed by atoms with E-state index in [0.717, 1.165) is 16.8 Å². The Hall–Kier alpha value is -1.89. The Bertz CT molecular complexity index is 452. The van der Waals surface area contributed by atoms with Crippen LogP contribution in [-0.4, -0.2) is 4.98 Å². The van der Waals surface area contributed by atoms with Gasteiger partial charge >= 0.3 is 0 Å². The standard InChI is InChI=1S/C14H13N/c1-3-12-6-9-14(15-10-12)13-7-4-11(2)5-8-13/h3-10H,1H2,2H3. The summed E-state index contributed by atoms with van der Waals surface area (Å²) in [6, 6.07) is 12.4. The molecule has 74 valence electrons. The first-order valence-corrected chi connectivity index (χ1v) is 4.95. The van der Waals surface area contributed by atoms with E-state index >= 15 is 0 Å². The quantitative estimate of drug-likeness (QED) is 0.712. The van der Waals surface area contributed by atoms with Gasteiger partial charge in [0.25, 0.3) is 0 Å². The van der Waals surface area contributed by atoms with Crippen molar-refractivity contribution in [1.29, 1.82) is 0 Å². The van der Waals surface area contributed by atoms with Crippen LogP contribution < -0.4 is 0 Å². The van der Waals surface area contributed by atoms with Gasteiger partial charge in [0, 0.05) is 11.8 Å². The lowest BCUT2D eigenvalue weighted by atomic mass is 10.1. The van der Waals surface area contributed by atoms with Gasteiger partial charge in [-0.15, -0.1) is 0 Å². The maximum Gasteiger partial charge on any atom is 0.0702 e. The van der Waals surface area contributed by atoms with Crippen LogP contribution in [0.4, 0.5) is 0 Å². The molecule has 1 aromatic heterocycles. The fraction of sp³-hybridized carbons (Fsp3) is 0.0714. The molecule has 0 aliphatic carbocycles. The molecular formula is C14H13N. The maximum atomic E-state index is 4.38. The molecule has 0 amide bonds. The van der Waals surface area contributed by atoms with E-state index in [2.05, 4.69) is 42.8 Å². The fourth-order valence-corrected chi connectivity index (χ4v) is 1.42. The summed E-state index contributed by atoms with van der Waals surface area (Å²) in [6.07, 6.45) is 3.63. The van der Waals surface area contributed by atoms with Crippen molar-refractivity contribution in [2.45, 2.75) is 6.92 Å². The molecule has 1 heterocycles. The monoisotopic (exact) mass is 195 g/mol. The van der Waals surface area contributed by atoms with Crippen LogP contribution in [0.3, 0.4) is 0 Å². The van der Waals surface area contributed by atoms with E-state index in [9.17, 15) is 0 Å². The summed E-state index contributed by atoms with van der Waals surface area (Å²) in [6.45, 7) is 5.79. The summed E-state index contributed by atoms with van der Waals surface area (Å²) < 4.78 is 0. The molecule has 1 heteroatoms. The lowest BCUT2D eigenvalue weighted by molar-refractivity contribution is 1.31. The summed E-state index contributed by atoms with van der Waals surface area (Å²) in [5, 5.41) is 0. The Balaban J connectivity index is 2.37. The van der Waals surface area contributed by atoms with Gasteiger partial charge in [-0.3, -0.25) is 4.98 Å². The number of aromatic nitrogens is 1. The third kappa shape index (κ3) is 2.13. The van der Waals surface area contributed by atoms with Crippen molar-refractivity contribution in [1.82, 2.24) is 4.98 Å². The molecule has 0 fully saturated rings. The molecular weight excluding hydrogens is 182 g/mol. The summed E-state index contributed by atoms with van der Waals surface area (Å²) in [5.74, 6) is 0. The van der Waals surface area contributed by atoms with E-state index < -0.39 is 0 Å². The van der Waals surface area contributed by atoms with E-state index in [-0.39, 0.29) is 0 Å². The number of pyridine rings is 1. The first-order chi connectivity index (χ1) is 7.29. The molecule has 0 atom stereocenters. The smallest absolute Gasteiger partial charge is 0.0702 e. The summed E-state index contributed by atoms with van der Waals surface area (Å²) in [5.41, 5.74) is 4.46. The minimum Gasteiger partial charge on any atom is -0.256 e. The molecule has 0 aliphatic rings. The predicted octanol–water partition coefficient (Wildman–Crippen LogP) is 3.70. The van der Waals surface area contributed by atoms with E-state index in [0.29, 0.717) is 0 Å². The summed E-state index contributed by atoms with van der Waals surface area (Å²) in [7, 11) is 0. The summed E-state index contributed by atoms with van der Waals surface area (Å²) >= 11 is 0. The number of benzene rings is 1. The highest BCUT2D eigenvalue weighted by atomic mass is 14.7. The Labute approximate surface area is 90.1 Å². The van der Waals surface area contributed by atoms with Crippen molar-refractivity contribution in [3.63, 3.8) is 0 Å². The zero-order valence-corrected chi connectivity index (χ0v) is 8.77. The topological polar surface area (TPSA) is 12.9 Å². The first kappa shape index (κ1) is 9.66. The van der Waals surface area contributed by atoms with Gasteiger partial charge in [-0.25, -0.2) is 0 Å². The zero-order valence-electron chi connectivity index (χ0n) is 8.77. The van der Waals surface area contributed by atoms with Gasteiger partial charge in [-0.05, 0) is 18.6 Å². The van der Waals surface area contributed by atoms with Gasteiger partial charge in [-0.1, -0.05) is 48.6 Å². The molecule has 0 aliphatic heterocycles. The molecule has 0 N–H and O–H groups in total. The molecule has 0 bridgehead atoms. The van der Waals surface area contributed by atoms with Crippen LogP contribution >= 0.6 is 0 Å². The van der Waals surface area contributed by atoms with E-state index in [1.54, 1.807) is 6.08 Å². The third-order valence-corrected chi connectivity index (χ3v) is 2.37. The van der Waals surface area contributed by atoms with Crippen molar-refractivity contribution in [2.24, 2.45) is 0 Å². The van der Waals surface area contributed by atoms with Gasteiger partial charge in [0.2, 0.25) is 0 Å². The zero-order chi connectivity index (χ0) is 10.7. The highest BCUT2D eigenvalue weighted by Crippen LogP contribution is 2.17. The highest BCUT2D eigenvalue weighted by molar-refractivity contribution is 5.60. The molecule has 0 spiro atoms. The van der Waals surface area contributed by atoms with Gasteiger partial charge in [-0.2, -0.15) is 0 Å². The number of hydrogen-bond acceptors (Lipinski definition) is 1. The van der Waals surface area contributed by atoms with Gasteiger partial charge in [0.15, 0.2) is 0 Å². The third-order valence-electron chi connectivity index (χ3n) is 2.37. The molecule has 15 heavy (non-hydrogen) atoms. The minimum atomic E-state index is 1.00. The lowest BCUT2D eigenvalue weighted by Gasteiger charge is -2.01. The van der Waals surface area contributed by atoms with E-state index in [4.69, 9.17) is 0 Å². The van der Waals surface area contributed by atoms with Gasteiger partial charge in [0.1, 0.15) is 0 Å². The van der Waals surface area contributed by atoms with Crippen LogP contribution in [0.2, 0.25) is 0 Å². The molecule has 1 nitrogen and oxygen atoms in total. The van der Waals surface area contributed by atoms with Gasteiger partial charge < -0.3 is 0 Å². The van der Waals surface area contributed by atoms with Crippen molar-refractivity contribution >= 4 is 6.08 Å². The van der Waals surface area contributed by atoms with E-state index in [1.807, 2.05) is 18.3 Å². The van der Waals surface area contributed by atoms with Crippen molar-refractivity contribution < 1.29 is 0 Å². The molecule has 1 aromatic carbocycles. The number of hydrogen-bond donors (Lipinski definition) is 0. The second-order valence-corrected chi connectivity index (χ2v) is 3.55. The van der Waals surface area contributed by atoms with Crippen molar-refractivity contribution in [3.05, 3.63) is 60.3 Å². The molecule has 0 radical (unpaired) electrons. The van der Waals surface area contributed by atoms with Crippen LogP contribution in [0.15, 0.2) is 49.2 Å². The number of aryl methyl sites for hydroxylation is 1. The van der Waals surface area contributed by atoms with Crippen LogP contribution in [0.1, 0.15) is 11.1 Å². The average molecular weight is 195 g/mol. The molecule has 2 aromatic rings. The largest absolute Gasteiger partial charge is 0.256 e. The normalized spacial score (nSPS) is 9.93. The van der Waals surface area contributed by atoms with Crippen molar-refractivity contribution in [3.8, 4) is 11.3 Å². The Kier molecular flexibility index (Phi) is 2.64. The van der Waals surface area contributed by atoms with Crippen LogP contribution in [0, 0.1) is 6.92 Å². The lowest BCUT2D eigenvalue weighted by Crippen LogP contribution is -1.83. The SMILES string of the molecule is C=Cc1ccc(-c2ccc(C)cc2)nc1. The summed E-state index contributed by atoms with van der Waals surface area (Å²) in [4.78, 5) is 4.38. The maximum absolute atomic E-state index is 4.38.